The van der Waals surface area contributed by atoms with Crippen LogP contribution < -0.4 is 11.1 Å². The number of amides is 1. The third-order valence-electron chi connectivity index (χ3n) is 1.82. The van der Waals surface area contributed by atoms with Crippen LogP contribution in [0.2, 0.25) is 5.02 Å². The molecule has 0 saturated heterocycles. The highest BCUT2D eigenvalue weighted by molar-refractivity contribution is 7.17. The summed E-state index contributed by atoms with van der Waals surface area (Å²) in [6.07, 6.45) is 1.46. The average Bonchev–Trinajstić information content (AvgIpc) is 2.68. The molecule has 1 amide bonds. The summed E-state index contributed by atoms with van der Waals surface area (Å²) in [6.45, 7) is 0. The van der Waals surface area contributed by atoms with E-state index in [9.17, 15) is 4.79 Å². The maximum absolute atomic E-state index is 11.7. The molecule has 6 heteroatoms. The van der Waals surface area contributed by atoms with Crippen molar-refractivity contribution in [2.24, 2.45) is 0 Å². The highest BCUT2D eigenvalue weighted by Crippen LogP contribution is 2.17. The first-order chi connectivity index (χ1) is 7.65. The summed E-state index contributed by atoms with van der Waals surface area (Å²) in [4.78, 5) is 15.5. The van der Waals surface area contributed by atoms with Crippen LogP contribution in [0.5, 0.6) is 0 Å². The van der Waals surface area contributed by atoms with Gasteiger partial charge in [-0.25, -0.2) is 4.98 Å². The SMILES string of the molecule is Nc1cnc(C(=O)Nc2ccc(Cl)cc2)s1. The van der Waals surface area contributed by atoms with E-state index in [1.54, 1.807) is 24.3 Å². The van der Waals surface area contributed by atoms with Crippen LogP contribution in [0.3, 0.4) is 0 Å². The lowest BCUT2D eigenvalue weighted by atomic mass is 10.3. The highest BCUT2D eigenvalue weighted by atomic mass is 35.5. The van der Waals surface area contributed by atoms with Crippen molar-refractivity contribution < 1.29 is 4.79 Å². The fraction of sp³-hybridized carbons (Fsp3) is 0. The van der Waals surface area contributed by atoms with Crippen molar-refractivity contribution in [3.63, 3.8) is 0 Å². The fourth-order valence-electron chi connectivity index (χ4n) is 1.11. The number of hydrogen-bond acceptors (Lipinski definition) is 4. The standard InChI is InChI=1S/C10H8ClN3OS/c11-6-1-3-7(4-2-6)14-9(15)10-13-5-8(12)16-10/h1-5H,12H2,(H,14,15). The maximum Gasteiger partial charge on any atom is 0.284 e. The average molecular weight is 254 g/mol. The molecule has 3 N–H and O–H groups in total. The molecule has 4 nitrogen and oxygen atoms in total. The number of carbonyl (C=O) groups excluding carboxylic acids is 1. The Hall–Kier alpha value is -1.59. The zero-order chi connectivity index (χ0) is 11.5. The molecular formula is C10H8ClN3OS. The number of halogens is 1. The Morgan fingerprint density at radius 3 is 2.62 bits per heavy atom. The summed E-state index contributed by atoms with van der Waals surface area (Å²) in [5.41, 5.74) is 6.16. The lowest BCUT2D eigenvalue weighted by molar-refractivity contribution is 0.102. The molecule has 0 aliphatic rings. The van der Waals surface area contributed by atoms with Crippen LogP contribution in [-0.2, 0) is 0 Å². The van der Waals surface area contributed by atoms with Crippen LogP contribution in [0.4, 0.5) is 10.7 Å². The van der Waals surface area contributed by atoms with Crippen LogP contribution in [-0.4, -0.2) is 10.9 Å². The van der Waals surface area contributed by atoms with E-state index in [1.807, 2.05) is 0 Å². The minimum Gasteiger partial charge on any atom is -0.389 e. The van der Waals surface area contributed by atoms with Gasteiger partial charge in [0.2, 0.25) is 0 Å². The van der Waals surface area contributed by atoms with Gasteiger partial charge in [-0.3, -0.25) is 4.79 Å². The van der Waals surface area contributed by atoms with Gasteiger partial charge in [-0.05, 0) is 24.3 Å². The van der Waals surface area contributed by atoms with E-state index in [0.29, 0.717) is 20.7 Å². The van der Waals surface area contributed by atoms with E-state index >= 15 is 0 Å². The van der Waals surface area contributed by atoms with Crippen LogP contribution in [0.1, 0.15) is 9.80 Å². The number of hydrogen-bond donors (Lipinski definition) is 2. The smallest absolute Gasteiger partial charge is 0.284 e. The molecule has 0 aliphatic heterocycles. The normalized spacial score (nSPS) is 10.1. The van der Waals surface area contributed by atoms with Gasteiger partial charge in [-0.2, -0.15) is 0 Å². The summed E-state index contributed by atoms with van der Waals surface area (Å²) < 4.78 is 0. The molecule has 0 saturated carbocycles. The number of nitrogens with one attached hydrogen (secondary N) is 1. The molecule has 1 aromatic heterocycles. The first-order valence-electron chi connectivity index (χ1n) is 4.43. The van der Waals surface area contributed by atoms with Crippen molar-refractivity contribution in [2.75, 3.05) is 11.1 Å². The number of thiazole rings is 1. The van der Waals surface area contributed by atoms with Gasteiger partial charge in [0.15, 0.2) is 5.01 Å². The molecule has 0 spiro atoms. The molecule has 0 bridgehead atoms. The molecule has 82 valence electrons. The topological polar surface area (TPSA) is 68.0 Å². The monoisotopic (exact) mass is 253 g/mol. The molecule has 0 atom stereocenters. The van der Waals surface area contributed by atoms with E-state index < -0.39 is 0 Å². The summed E-state index contributed by atoms with van der Waals surface area (Å²) in [5, 5.41) is 4.17. The van der Waals surface area contributed by atoms with Gasteiger partial charge in [0, 0.05) is 10.7 Å². The lowest BCUT2D eigenvalue weighted by Gasteiger charge is -2.02. The number of benzene rings is 1. The molecule has 2 rings (SSSR count). The quantitative estimate of drug-likeness (QED) is 0.865. The summed E-state index contributed by atoms with van der Waals surface area (Å²) >= 11 is 6.88. The van der Waals surface area contributed by atoms with Crippen LogP contribution in [0.15, 0.2) is 30.5 Å². The predicted molar refractivity (Wildman–Crippen MR) is 65.9 cm³/mol. The minimum absolute atomic E-state index is 0.274. The maximum atomic E-state index is 11.7. The van der Waals surface area contributed by atoms with E-state index in [0.717, 1.165) is 11.3 Å². The largest absolute Gasteiger partial charge is 0.389 e. The van der Waals surface area contributed by atoms with E-state index in [4.69, 9.17) is 17.3 Å². The number of carbonyl (C=O) groups is 1. The number of anilines is 2. The Bertz CT molecular complexity index is 509. The van der Waals surface area contributed by atoms with Crippen LogP contribution >= 0.6 is 22.9 Å². The van der Waals surface area contributed by atoms with Gasteiger partial charge in [0.25, 0.3) is 5.91 Å². The Morgan fingerprint density at radius 2 is 2.06 bits per heavy atom. The highest BCUT2D eigenvalue weighted by Gasteiger charge is 2.09. The zero-order valence-corrected chi connectivity index (χ0v) is 9.68. The number of aromatic nitrogens is 1. The van der Waals surface area contributed by atoms with E-state index in [-0.39, 0.29) is 5.91 Å². The van der Waals surface area contributed by atoms with Gasteiger partial charge in [-0.1, -0.05) is 22.9 Å². The van der Waals surface area contributed by atoms with Gasteiger partial charge in [0.1, 0.15) is 5.00 Å². The van der Waals surface area contributed by atoms with Crippen molar-refractivity contribution in [1.82, 2.24) is 4.98 Å². The number of nitrogen functional groups attached to an aromatic ring is 1. The van der Waals surface area contributed by atoms with Crippen molar-refractivity contribution in [3.8, 4) is 0 Å². The van der Waals surface area contributed by atoms with Gasteiger partial charge >= 0.3 is 0 Å². The van der Waals surface area contributed by atoms with Crippen molar-refractivity contribution in [2.45, 2.75) is 0 Å². The fourth-order valence-corrected chi connectivity index (χ4v) is 1.81. The third kappa shape index (κ3) is 2.50. The summed E-state index contributed by atoms with van der Waals surface area (Å²) in [5.74, 6) is -0.274. The van der Waals surface area contributed by atoms with Crippen molar-refractivity contribution in [3.05, 3.63) is 40.5 Å². The van der Waals surface area contributed by atoms with Gasteiger partial charge in [0.05, 0.1) is 6.20 Å². The second-order valence-electron chi connectivity index (χ2n) is 3.03. The van der Waals surface area contributed by atoms with E-state index in [1.165, 1.54) is 6.20 Å². The molecular weight excluding hydrogens is 246 g/mol. The molecule has 16 heavy (non-hydrogen) atoms. The first kappa shape index (κ1) is 10.9. The molecule has 0 aliphatic carbocycles. The second kappa shape index (κ2) is 4.51. The molecule has 2 aromatic rings. The molecule has 1 aromatic carbocycles. The second-order valence-corrected chi connectivity index (χ2v) is 4.53. The third-order valence-corrected chi connectivity index (χ3v) is 2.90. The van der Waals surface area contributed by atoms with Gasteiger partial charge < -0.3 is 11.1 Å². The number of nitrogens with zero attached hydrogens (tertiary/aromatic N) is 1. The molecule has 0 fully saturated rings. The Morgan fingerprint density at radius 1 is 1.38 bits per heavy atom. The first-order valence-corrected chi connectivity index (χ1v) is 5.63. The number of rotatable bonds is 2. The minimum atomic E-state index is -0.274. The summed E-state index contributed by atoms with van der Waals surface area (Å²) in [6, 6.07) is 6.84. The molecule has 1 heterocycles. The zero-order valence-electron chi connectivity index (χ0n) is 8.11. The Balaban J connectivity index is 2.10. The Labute approximate surface area is 101 Å². The lowest BCUT2D eigenvalue weighted by Crippen LogP contribution is -2.11. The van der Waals surface area contributed by atoms with Crippen LogP contribution in [0.25, 0.3) is 0 Å². The van der Waals surface area contributed by atoms with Crippen LogP contribution in [0, 0.1) is 0 Å². The van der Waals surface area contributed by atoms with E-state index in [2.05, 4.69) is 10.3 Å². The molecule has 0 unspecified atom stereocenters. The van der Waals surface area contributed by atoms with Crippen molar-refractivity contribution in [1.29, 1.82) is 0 Å². The number of nitrogens with two attached hydrogens (primary N) is 1. The molecule has 0 radical (unpaired) electrons. The Kier molecular flexibility index (Phi) is 3.07. The van der Waals surface area contributed by atoms with Gasteiger partial charge in [-0.15, -0.1) is 0 Å². The predicted octanol–water partition coefficient (Wildman–Crippen LogP) is 2.63. The van der Waals surface area contributed by atoms with Crippen molar-refractivity contribution >= 4 is 39.5 Å². The summed E-state index contributed by atoms with van der Waals surface area (Å²) in [7, 11) is 0.